The summed E-state index contributed by atoms with van der Waals surface area (Å²) in [5.74, 6) is 1.61. The first-order valence-corrected chi connectivity index (χ1v) is 9.42. The number of hydrogen-bond donors (Lipinski definition) is 0. The van der Waals surface area contributed by atoms with Crippen molar-refractivity contribution < 1.29 is 9.16 Å². The highest BCUT2D eigenvalue weighted by molar-refractivity contribution is 9.11. The van der Waals surface area contributed by atoms with Crippen LogP contribution in [0.3, 0.4) is 0 Å². The van der Waals surface area contributed by atoms with E-state index in [1.165, 1.54) is 0 Å². The lowest BCUT2D eigenvalue weighted by atomic mass is 10.2. The Balaban J connectivity index is 3.02. The first-order chi connectivity index (χ1) is 7.46. The fourth-order valence-corrected chi connectivity index (χ4v) is 2.41. The lowest BCUT2D eigenvalue weighted by molar-refractivity contribution is 0.392. The minimum atomic E-state index is -1.59. The van der Waals surface area contributed by atoms with Gasteiger partial charge in [0.2, 0.25) is 8.32 Å². The predicted molar refractivity (Wildman–Crippen MR) is 74.9 cm³/mol. The van der Waals surface area contributed by atoms with E-state index in [0.717, 1.165) is 17.1 Å². The topological polar surface area (TPSA) is 18.5 Å². The van der Waals surface area contributed by atoms with Gasteiger partial charge in [-0.3, -0.25) is 0 Å². The van der Waals surface area contributed by atoms with Crippen molar-refractivity contribution >= 4 is 30.3 Å². The second-order valence-electron chi connectivity index (χ2n) is 4.42. The van der Waals surface area contributed by atoms with E-state index >= 15 is 0 Å². The number of rotatable bonds is 4. The second kappa shape index (κ2) is 5.55. The van der Waals surface area contributed by atoms with Gasteiger partial charge in [0.25, 0.3) is 0 Å². The summed E-state index contributed by atoms with van der Waals surface area (Å²) in [7, 11) is 0.0719. The molecule has 0 heterocycles. The molecule has 0 bridgehead atoms. The van der Waals surface area contributed by atoms with E-state index in [9.17, 15) is 0 Å². The van der Waals surface area contributed by atoms with E-state index in [1.54, 1.807) is 7.11 Å². The average molecular weight is 301 g/mol. The normalized spacial score (nSPS) is 11.8. The smallest absolute Gasteiger partial charge is 0.242 e. The highest BCUT2D eigenvalue weighted by Crippen LogP contribution is 2.30. The van der Waals surface area contributed by atoms with Crippen molar-refractivity contribution in [1.82, 2.24) is 0 Å². The highest BCUT2D eigenvalue weighted by atomic mass is 79.9. The number of halogens is 1. The first kappa shape index (κ1) is 13.3. The zero-order valence-electron chi connectivity index (χ0n) is 10.1. The van der Waals surface area contributed by atoms with Gasteiger partial charge in [-0.15, -0.1) is 0 Å². The van der Waals surface area contributed by atoms with Crippen LogP contribution in [0.4, 0.5) is 0 Å². The Morgan fingerprint density at radius 1 is 1.19 bits per heavy atom. The Morgan fingerprint density at radius 2 is 1.88 bits per heavy atom. The quantitative estimate of drug-likeness (QED) is 0.773. The van der Waals surface area contributed by atoms with Gasteiger partial charge in [-0.05, 0) is 48.4 Å². The molecule has 16 heavy (non-hydrogen) atoms. The number of methoxy groups -OCH3 is 1. The van der Waals surface area contributed by atoms with Crippen molar-refractivity contribution in [2.45, 2.75) is 19.6 Å². The number of benzene rings is 1. The fourth-order valence-electron chi connectivity index (χ4n) is 1.27. The molecule has 0 N–H and O–H groups in total. The van der Waals surface area contributed by atoms with Crippen LogP contribution in [-0.4, -0.2) is 15.4 Å². The molecule has 0 spiro atoms. The lowest BCUT2D eigenvalue weighted by Crippen LogP contribution is -2.29. The minimum absolute atomic E-state index is 0.783. The van der Waals surface area contributed by atoms with Crippen LogP contribution < -0.4 is 9.16 Å². The molecule has 0 saturated heterocycles. The van der Waals surface area contributed by atoms with Crippen LogP contribution in [0.2, 0.25) is 19.6 Å². The van der Waals surface area contributed by atoms with Crippen molar-refractivity contribution in [2.75, 3.05) is 7.11 Å². The van der Waals surface area contributed by atoms with Crippen LogP contribution in [0.1, 0.15) is 5.56 Å². The van der Waals surface area contributed by atoms with Crippen LogP contribution in [0, 0.1) is 0 Å². The van der Waals surface area contributed by atoms with Gasteiger partial charge < -0.3 is 9.16 Å². The summed E-state index contributed by atoms with van der Waals surface area (Å²) in [4.78, 5) is 1.82. The van der Waals surface area contributed by atoms with Crippen LogP contribution in [0.5, 0.6) is 11.5 Å². The molecule has 1 rings (SSSR count). The van der Waals surface area contributed by atoms with E-state index in [0.29, 0.717) is 0 Å². The van der Waals surface area contributed by atoms with Gasteiger partial charge in [0.15, 0.2) is 5.75 Å². The third-order valence-corrected chi connectivity index (χ3v) is 2.96. The third kappa shape index (κ3) is 4.02. The summed E-state index contributed by atoms with van der Waals surface area (Å²) < 4.78 is 11.3. The van der Waals surface area contributed by atoms with Gasteiger partial charge in [-0.2, -0.15) is 0 Å². The Bertz CT molecular complexity index is 383. The molecule has 0 aromatic heterocycles. The molecule has 0 unspecified atom stereocenters. The van der Waals surface area contributed by atoms with E-state index in [2.05, 4.69) is 35.6 Å². The fraction of sp³-hybridized carbons (Fsp3) is 0.333. The Morgan fingerprint density at radius 3 is 2.38 bits per heavy atom. The highest BCUT2D eigenvalue weighted by Gasteiger charge is 2.18. The van der Waals surface area contributed by atoms with Gasteiger partial charge >= 0.3 is 0 Å². The monoisotopic (exact) mass is 300 g/mol. The molecule has 0 aliphatic carbocycles. The molecule has 0 saturated carbocycles. The SMILES string of the molecule is COc1cc(/C=C/Br)ccc1O[Si](C)(C)C. The lowest BCUT2D eigenvalue weighted by Gasteiger charge is -2.21. The summed E-state index contributed by atoms with van der Waals surface area (Å²) in [5, 5.41) is 0. The summed E-state index contributed by atoms with van der Waals surface area (Å²) in [5.41, 5.74) is 1.08. The number of hydrogen-bond acceptors (Lipinski definition) is 2. The molecule has 0 amide bonds. The molecule has 0 atom stereocenters. The molecule has 1 aromatic carbocycles. The van der Waals surface area contributed by atoms with Crippen molar-refractivity contribution in [3.63, 3.8) is 0 Å². The van der Waals surface area contributed by atoms with Gasteiger partial charge in [0.1, 0.15) is 5.75 Å². The van der Waals surface area contributed by atoms with Gasteiger partial charge in [-0.1, -0.05) is 22.0 Å². The molecular formula is C12H17BrO2Si. The molecule has 0 fully saturated rings. The summed E-state index contributed by atoms with van der Waals surface area (Å²) in [6.45, 7) is 6.45. The van der Waals surface area contributed by atoms with Crippen molar-refractivity contribution in [3.05, 3.63) is 28.7 Å². The zero-order valence-corrected chi connectivity index (χ0v) is 12.7. The van der Waals surface area contributed by atoms with Gasteiger partial charge in [0.05, 0.1) is 7.11 Å². The predicted octanol–water partition coefficient (Wildman–Crippen LogP) is 4.27. The summed E-state index contributed by atoms with van der Waals surface area (Å²) >= 11 is 3.25. The molecule has 88 valence electrons. The molecule has 0 aliphatic rings. The maximum atomic E-state index is 5.93. The Hall–Kier alpha value is -0.743. The van der Waals surface area contributed by atoms with E-state index < -0.39 is 8.32 Å². The zero-order chi connectivity index (χ0) is 12.2. The van der Waals surface area contributed by atoms with Gasteiger partial charge in [-0.25, -0.2) is 0 Å². The maximum Gasteiger partial charge on any atom is 0.242 e. The minimum Gasteiger partial charge on any atom is -0.542 e. The number of ether oxygens (including phenoxy) is 1. The van der Waals surface area contributed by atoms with Crippen molar-refractivity contribution in [1.29, 1.82) is 0 Å². The molecule has 0 radical (unpaired) electrons. The maximum absolute atomic E-state index is 5.93. The Kier molecular flexibility index (Phi) is 4.62. The molecule has 0 aliphatic heterocycles. The molecule has 4 heteroatoms. The summed E-state index contributed by atoms with van der Waals surface area (Å²) in [6.07, 6.45) is 1.96. The van der Waals surface area contributed by atoms with Crippen LogP contribution in [-0.2, 0) is 0 Å². The average Bonchev–Trinajstić information content (AvgIpc) is 2.18. The van der Waals surface area contributed by atoms with Crippen LogP contribution in [0.15, 0.2) is 23.2 Å². The largest absolute Gasteiger partial charge is 0.542 e. The van der Waals surface area contributed by atoms with Crippen LogP contribution in [0.25, 0.3) is 6.08 Å². The summed E-state index contributed by atoms with van der Waals surface area (Å²) in [6, 6.07) is 5.93. The van der Waals surface area contributed by atoms with E-state index in [-0.39, 0.29) is 0 Å². The Labute approximate surface area is 107 Å². The second-order valence-corrected chi connectivity index (χ2v) is 9.37. The van der Waals surface area contributed by atoms with E-state index in [1.807, 2.05) is 29.3 Å². The first-order valence-electron chi connectivity index (χ1n) is 5.10. The molecule has 2 nitrogen and oxygen atoms in total. The van der Waals surface area contributed by atoms with E-state index in [4.69, 9.17) is 9.16 Å². The van der Waals surface area contributed by atoms with Gasteiger partial charge in [0, 0.05) is 0 Å². The van der Waals surface area contributed by atoms with Crippen LogP contribution >= 0.6 is 15.9 Å². The standard InChI is InChI=1S/C12H17BrO2Si/c1-14-12-9-10(7-8-13)5-6-11(12)15-16(2,3)4/h5-9H,1-4H3/b8-7+. The van der Waals surface area contributed by atoms with Crippen molar-refractivity contribution in [3.8, 4) is 11.5 Å². The molecule has 1 aromatic rings. The third-order valence-electron chi connectivity index (χ3n) is 1.86. The molecular weight excluding hydrogens is 284 g/mol. The van der Waals surface area contributed by atoms with Crippen molar-refractivity contribution in [2.24, 2.45) is 0 Å².